The molecule has 0 saturated carbocycles. The first-order valence-electron chi connectivity index (χ1n) is 7.27. The van der Waals surface area contributed by atoms with Crippen LogP contribution in [0.1, 0.15) is 35.6 Å². The van der Waals surface area contributed by atoms with Crippen molar-refractivity contribution in [2.24, 2.45) is 0 Å². The van der Waals surface area contributed by atoms with Crippen LogP contribution >= 0.6 is 22.7 Å². The van der Waals surface area contributed by atoms with E-state index in [2.05, 4.69) is 47.3 Å². The van der Waals surface area contributed by atoms with Gasteiger partial charge in [0, 0.05) is 35.4 Å². The van der Waals surface area contributed by atoms with Gasteiger partial charge in [-0.3, -0.25) is 0 Å². The third kappa shape index (κ3) is 5.37. The fourth-order valence-electron chi connectivity index (χ4n) is 2.05. The Morgan fingerprint density at radius 1 is 1.15 bits per heavy atom. The second-order valence-electron chi connectivity index (χ2n) is 4.77. The lowest BCUT2D eigenvalue weighted by Gasteiger charge is -2.17. The number of hydrogen-bond acceptors (Lipinski definition) is 4. The topological polar surface area (TPSA) is 21.3 Å². The lowest BCUT2D eigenvalue weighted by atomic mass is 10.1. The van der Waals surface area contributed by atoms with Gasteiger partial charge in [0.2, 0.25) is 0 Å². The highest BCUT2D eigenvalue weighted by Crippen LogP contribution is 2.24. The number of nitrogens with one attached hydrogen (secondary N) is 1. The van der Waals surface area contributed by atoms with Crippen molar-refractivity contribution in [2.45, 2.75) is 32.2 Å². The van der Waals surface area contributed by atoms with Gasteiger partial charge in [-0.1, -0.05) is 25.5 Å². The van der Waals surface area contributed by atoms with E-state index in [9.17, 15) is 0 Å². The Balaban J connectivity index is 1.78. The highest BCUT2D eigenvalue weighted by molar-refractivity contribution is 7.10. The van der Waals surface area contributed by atoms with Crippen molar-refractivity contribution in [3.05, 3.63) is 44.8 Å². The summed E-state index contributed by atoms with van der Waals surface area (Å²) in [5, 5.41) is 7.93. The molecule has 4 heteroatoms. The maximum Gasteiger partial charge on any atom is 0.0591 e. The van der Waals surface area contributed by atoms with E-state index in [-0.39, 0.29) is 0 Å². The highest BCUT2D eigenvalue weighted by atomic mass is 32.1. The number of rotatable bonds is 10. The molecule has 0 saturated heterocycles. The summed E-state index contributed by atoms with van der Waals surface area (Å²) in [5.74, 6) is 0. The van der Waals surface area contributed by atoms with Crippen molar-refractivity contribution in [3.63, 3.8) is 0 Å². The lowest BCUT2D eigenvalue weighted by Crippen LogP contribution is -2.26. The molecule has 0 spiro atoms. The average molecular weight is 310 g/mol. The lowest BCUT2D eigenvalue weighted by molar-refractivity contribution is 0.131. The van der Waals surface area contributed by atoms with Gasteiger partial charge in [-0.05, 0) is 29.3 Å². The first kappa shape index (κ1) is 15.7. The molecule has 1 N–H and O–H groups in total. The van der Waals surface area contributed by atoms with Crippen molar-refractivity contribution in [2.75, 3.05) is 19.8 Å². The predicted octanol–water partition coefficient (Wildman–Crippen LogP) is 4.50. The molecule has 0 amide bonds. The SMILES string of the molecule is CCCCOCCNC(Cc1cccs1)c1cccs1. The Bertz CT molecular complexity index is 439. The minimum Gasteiger partial charge on any atom is -0.380 e. The summed E-state index contributed by atoms with van der Waals surface area (Å²) >= 11 is 3.66. The van der Waals surface area contributed by atoms with E-state index in [4.69, 9.17) is 4.74 Å². The first-order valence-corrected chi connectivity index (χ1v) is 9.03. The number of hydrogen-bond donors (Lipinski definition) is 1. The molecule has 20 heavy (non-hydrogen) atoms. The van der Waals surface area contributed by atoms with Crippen LogP contribution in [0, 0.1) is 0 Å². The molecule has 0 aromatic carbocycles. The summed E-state index contributed by atoms with van der Waals surface area (Å²) in [4.78, 5) is 2.84. The second-order valence-corrected chi connectivity index (χ2v) is 6.78. The fourth-order valence-corrected chi connectivity index (χ4v) is 3.60. The molecule has 1 atom stereocenters. The van der Waals surface area contributed by atoms with Crippen LogP contribution in [0.3, 0.4) is 0 Å². The van der Waals surface area contributed by atoms with Crippen LogP contribution in [0.5, 0.6) is 0 Å². The average Bonchev–Trinajstić information content (AvgIpc) is 3.13. The smallest absolute Gasteiger partial charge is 0.0591 e. The maximum atomic E-state index is 5.62. The van der Waals surface area contributed by atoms with E-state index in [1.165, 1.54) is 16.2 Å². The third-order valence-electron chi connectivity index (χ3n) is 3.15. The molecule has 2 rings (SSSR count). The van der Waals surface area contributed by atoms with Crippen molar-refractivity contribution in [1.82, 2.24) is 5.32 Å². The van der Waals surface area contributed by atoms with Crippen LogP contribution in [-0.2, 0) is 11.2 Å². The molecule has 1 unspecified atom stereocenters. The minimum absolute atomic E-state index is 0.406. The van der Waals surface area contributed by atoms with Crippen LogP contribution in [0.4, 0.5) is 0 Å². The Labute approximate surface area is 129 Å². The fraction of sp³-hybridized carbons (Fsp3) is 0.500. The van der Waals surface area contributed by atoms with Crippen molar-refractivity contribution in [1.29, 1.82) is 0 Å². The normalized spacial score (nSPS) is 12.7. The van der Waals surface area contributed by atoms with E-state index in [1.54, 1.807) is 0 Å². The van der Waals surface area contributed by atoms with E-state index in [0.717, 1.165) is 32.6 Å². The molecular weight excluding hydrogens is 286 g/mol. The van der Waals surface area contributed by atoms with E-state index in [0.29, 0.717) is 6.04 Å². The molecule has 2 aromatic rings. The van der Waals surface area contributed by atoms with Crippen LogP contribution in [0.15, 0.2) is 35.0 Å². The largest absolute Gasteiger partial charge is 0.380 e. The van der Waals surface area contributed by atoms with Gasteiger partial charge in [-0.15, -0.1) is 22.7 Å². The zero-order chi connectivity index (χ0) is 14.0. The molecule has 2 nitrogen and oxygen atoms in total. The number of unbranched alkanes of at least 4 members (excludes halogenated alkanes) is 1. The standard InChI is InChI=1S/C16H23NOS2/c1-2-3-9-18-10-8-17-15(16-7-5-12-20-16)13-14-6-4-11-19-14/h4-7,11-12,15,17H,2-3,8-10,13H2,1H3. The molecule has 0 fully saturated rings. The monoisotopic (exact) mass is 309 g/mol. The summed E-state index contributed by atoms with van der Waals surface area (Å²) in [6, 6.07) is 9.09. The second kappa shape index (κ2) is 9.29. The number of ether oxygens (including phenoxy) is 1. The zero-order valence-corrected chi connectivity index (χ0v) is 13.6. The van der Waals surface area contributed by atoms with Crippen LogP contribution < -0.4 is 5.32 Å². The summed E-state index contributed by atoms with van der Waals surface area (Å²) in [6.07, 6.45) is 3.42. The van der Waals surface area contributed by atoms with Crippen LogP contribution in [0.2, 0.25) is 0 Å². The van der Waals surface area contributed by atoms with Crippen LogP contribution in [-0.4, -0.2) is 19.8 Å². The molecule has 0 aliphatic rings. The summed E-state index contributed by atoms with van der Waals surface area (Å²) < 4.78 is 5.62. The molecular formula is C16H23NOS2. The van der Waals surface area contributed by atoms with Crippen molar-refractivity contribution in [3.8, 4) is 0 Å². The third-order valence-corrected chi connectivity index (χ3v) is 5.04. The van der Waals surface area contributed by atoms with Gasteiger partial charge in [0.15, 0.2) is 0 Å². The minimum atomic E-state index is 0.406. The molecule has 2 heterocycles. The molecule has 110 valence electrons. The quantitative estimate of drug-likeness (QED) is 0.652. The van der Waals surface area contributed by atoms with Gasteiger partial charge < -0.3 is 10.1 Å². The van der Waals surface area contributed by atoms with Gasteiger partial charge >= 0.3 is 0 Å². The van der Waals surface area contributed by atoms with E-state index >= 15 is 0 Å². The Morgan fingerprint density at radius 3 is 2.70 bits per heavy atom. The Hall–Kier alpha value is -0.680. The maximum absolute atomic E-state index is 5.62. The van der Waals surface area contributed by atoms with Gasteiger partial charge in [-0.2, -0.15) is 0 Å². The molecule has 2 aromatic heterocycles. The molecule has 0 bridgehead atoms. The van der Waals surface area contributed by atoms with Crippen molar-refractivity contribution >= 4 is 22.7 Å². The van der Waals surface area contributed by atoms with Crippen molar-refractivity contribution < 1.29 is 4.74 Å². The highest BCUT2D eigenvalue weighted by Gasteiger charge is 2.13. The molecule has 0 aliphatic heterocycles. The molecule has 0 radical (unpaired) electrons. The Morgan fingerprint density at radius 2 is 2.00 bits per heavy atom. The first-order chi connectivity index (χ1) is 9.90. The van der Waals surface area contributed by atoms with Gasteiger partial charge in [0.05, 0.1) is 6.61 Å². The zero-order valence-electron chi connectivity index (χ0n) is 12.0. The van der Waals surface area contributed by atoms with Crippen LogP contribution in [0.25, 0.3) is 0 Å². The van der Waals surface area contributed by atoms with Gasteiger partial charge in [0.25, 0.3) is 0 Å². The summed E-state index contributed by atoms with van der Waals surface area (Å²) in [5.41, 5.74) is 0. The van der Waals surface area contributed by atoms with E-state index < -0.39 is 0 Å². The van der Waals surface area contributed by atoms with Gasteiger partial charge in [-0.25, -0.2) is 0 Å². The predicted molar refractivity (Wildman–Crippen MR) is 88.8 cm³/mol. The number of thiophene rings is 2. The Kier molecular flexibility index (Phi) is 7.30. The summed E-state index contributed by atoms with van der Waals surface area (Å²) in [7, 11) is 0. The molecule has 0 aliphatic carbocycles. The summed E-state index contributed by atoms with van der Waals surface area (Å²) in [6.45, 7) is 4.78. The van der Waals surface area contributed by atoms with Gasteiger partial charge in [0.1, 0.15) is 0 Å². The van der Waals surface area contributed by atoms with E-state index in [1.807, 2.05) is 22.7 Å².